The lowest BCUT2D eigenvalue weighted by atomic mass is 10.1. The summed E-state index contributed by atoms with van der Waals surface area (Å²) < 4.78 is 4.76. The van der Waals surface area contributed by atoms with Crippen molar-refractivity contribution in [2.75, 3.05) is 26.2 Å². The van der Waals surface area contributed by atoms with Gasteiger partial charge in [0.2, 0.25) is 0 Å². The minimum atomic E-state index is -0.591. The number of piperidine rings is 1. The number of likely N-dealkylation sites (tertiary alicyclic amines) is 1. The molecular weight excluding hydrogens is 194 g/mol. The molecule has 0 aromatic heterocycles. The van der Waals surface area contributed by atoms with Gasteiger partial charge in [-0.3, -0.25) is 0 Å². The molecule has 4 nitrogen and oxygen atoms in total. The van der Waals surface area contributed by atoms with Gasteiger partial charge in [-0.15, -0.1) is 0 Å². The van der Waals surface area contributed by atoms with Gasteiger partial charge >= 0.3 is 5.97 Å². The van der Waals surface area contributed by atoms with E-state index in [1.807, 2.05) is 0 Å². The molecule has 0 aliphatic carbocycles. The number of aliphatic hydroxyl groups excluding tert-OH is 1. The molecule has 0 amide bonds. The second-order valence-electron chi connectivity index (χ2n) is 3.85. The fourth-order valence-electron chi connectivity index (χ4n) is 1.73. The third-order valence-corrected chi connectivity index (χ3v) is 2.50. The molecule has 1 N–H and O–H groups in total. The predicted octanol–water partition coefficient (Wildman–Crippen LogP) is 0.562. The Labute approximate surface area is 90.5 Å². The van der Waals surface area contributed by atoms with E-state index in [1.165, 1.54) is 19.3 Å². The molecule has 0 spiro atoms. The second-order valence-corrected chi connectivity index (χ2v) is 3.85. The summed E-state index contributed by atoms with van der Waals surface area (Å²) >= 11 is 0. The van der Waals surface area contributed by atoms with Gasteiger partial charge in [0.25, 0.3) is 0 Å². The number of β-amino-alcohol motifs (C(OH)–C–C–N with tert-alkyl or cyclic N) is 1. The van der Waals surface area contributed by atoms with Crippen LogP contribution in [0.2, 0.25) is 0 Å². The molecule has 1 rings (SSSR count). The number of carbonyl (C=O) groups excluding carboxylic acids is 1. The molecule has 1 fully saturated rings. The molecule has 15 heavy (non-hydrogen) atoms. The van der Waals surface area contributed by atoms with Crippen molar-refractivity contribution in [1.29, 1.82) is 0 Å². The predicted molar refractivity (Wildman–Crippen MR) is 57.5 cm³/mol. The van der Waals surface area contributed by atoms with Gasteiger partial charge in [-0.05, 0) is 25.9 Å². The summed E-state index contributed by atoms with van der Waals surface area (Å²) in [6.07, 6.45) is 4.18. The first kappa shape index (κ1) is 12.2. The Morgan fingerprint density at radius 1 is 1.47 bits per heavy atom. The second kappa shape index (κ2) is 6.58. The molecule has 1 atom stereocenters. The number of rotatable bonds is 5. The summed E-state index contributed by atoms with van der Waals surface area (Å²) in [4.78, 5) is 12.9. The molecule has 0 radical (unpaired) electrons. The van der Waals surface area contributed by atoms with Crippen LogP contribution in [0, 0.1) is 0 Å². The van der Waals surface area contributed by atoms with Crippen molar-refractivity contribution < 1.29 is 14.6 Å². The van der Waals surface area contributed by atoms with Crippen molar-refractivity contribution in [3.63, 3.8) is 0 Å². The third-order valence-electron chi connectivity index (χ3n) is 2.50. The van der Waals surface area contributed by atoms with Gasteiger partial charge in [-0.25, -0.2) is 4.79 Å². The molecule has 86 valence electrons. The van der Waals surface area contributed by atoms with Gasteiger partial charge in [-0.1, -0.05) is 13.0 Å². The van der Waals surface area contributed by atoms with Gasteiger partial charge in [0, 0.05) is 12.6 Å². The monoisotopic (exact) mass is 213 g/mol. The summed E-state index contributed by atoms with van der Waals surface area (Å²) in [6.45, 7) is 6.00. The van der Waals surface area contributed by atoms with E-state index in [-0.39, 0.29) is 6.61 Å². The fourth-order valence-corrected chi connectivity index (χ4v) is 1.73. The number of carbonyl (C=O) groups is 1. The van der Waals surface area contributed by atoms with Crippen LogP contribution < -0.4 is 0 Å². The molecule has 0 bridgehead atoms. The van der Waals surface area contributed by atoms with Crippen LogP contribution in [0.15, 0.2) is 12.7 Å². The highest BCUT2D eigenvalue weighted by Crippen LogP contribution is 2.08. The molecule has 1 unspecified atom stereocenters. The summed E-state index contributed by atoms with van der Waals surface area (Å²) in [5.74, 6) is -0.479. The van der Waals surface area contributed by atoms with E-state index in [9.17, 15) is 9.90 Å². The van der Waals surface area contributed by atoms with Gasteiger partial charge in [-0.2, -0.15) is 0 Å². The highest BCUT2D eigenvalue weighted by molar-refractivity contribution is 5.81. The lowest BCUT2D eigenvalue weighted by Gasteiger charge is -2.28. The fraction of sp³-hybridized carbons (Fsp3) is 0.727. The number of hydrogen-bond donors (Lipinski definition) is 1. The quantitative estimate of drug-likeness (QED) is 0.535. The van der Waals surface area contributed by atoms with Gasteiger partial charge < -0.3 is 14.7 Å². The smallest absolute Gasteiger partial charge is 0.330 e. The number of aliphatic hydroxyl groups is 1. The van der Waals surface area contributed by atoms with E-state index in [1.54, 1.807) is 0 Å². The molecule has 0 saturated carbocycles. The maximum Gasteiger partial charge on any atom is 0.330 e. The van der Waals surface area contributed by atoms with Crippen LogP contribution >= 0.6 is 0 Å². The Bertz CT molecular complexity index is 212. The zero-order chi connectivity index (χ0) is 11.1. The molecule has 0 aromatic rings. The standard InChI is InChI=1S/C11H19NO3/c1-2-11(14)15-9-10(13)8-12-6-4-3-5-7-12/h2,10,13H,1,3-9H2. The zero-order valence-corrected chi connectivity index (χ0v) is 9.02. The van der Waals surface area contributed by atoms with Gasteiger partial charge in [0.1, 0.15) is 12.7 Å². The first-order chi connectivity index (χ1) is 7.22. The number of ether oxygens (including phenoxy) is 1. The normalized spacial score (nSPS) is 19.5. The van der Waals surface area contributed by atoms with Crippen molar-refractivity contribution in [2.45, 2.75) is 25.4 Å². The van der Waals surface area contributed by atoms with E-state index >= 15 is 0 Å². The minimum Gasteiger partial charge on any atom is -0.460 e. The number of esters is 1. The summed E-state index contributed by atoms with van der Waals surface area (Å²) in [5, 5.41) is 9.59. The van der Waals surface area contributed by atoms with E-state index in [0.29, 0.717) is 6.54 Å². The number of hydrogen-bond acceptors (Lipinski definition) is 4. The Balaban J connectivity index is 2.13. The number of nitrogens with zero attached hydrogens (tertiary/aromatic N) is 1. The van der Waals surface area contributed by atoms with Crippen molar-refractivity contribution in [3.05, 3.63) is 12.7 Å². The minimum absolute atomic E-state index is 0.0569. The maximum atomic E-state index is 10.7. The van der Waals surface area contributed by atoms with Crippen LogP contribution in [0.1, 0.15) is 19.3 Å². The molecule has 4 heteroatoms. The molecule has 1 heterocycles. The van der Waals surface area contributed by atoms with Crippen molar-refractivity contribution >= 4 is 5.97 Å². The third kappa shape index (κ3) is 4.95. The van der Waals surface area contributed by atoms with Crippen LogP contribution in [-0.2, 0) is 9.53 Å². The SMILES string of the molecule is C=CC(=O)OCC(O)CN1CCCCC1. The van der Waals surface area contributed by atoms with Gasteiger partial charge in [0.15, 0.2) is 0 Å². The van der Waals surface area contributed by atoms with Crippen molar-refractivity contribution in [2.24, 2.45) is 0 Å². The summed E-state index contributed by atoms with van der Waals surface area (Å²) in [5.41, 5.74) is 0. The van der Waals surface area contributed by atoms with E-state index in [2.05, 4.69) is 11.5 Å². The summed E-state index contributed by atoms with van der Waals surface area (Å²) in [6, 6.07) is 0. The lowest BCUT2D eigenvalue weighted by Crippen LogP contribution is -2.38. The van der Waals surface area contributed by atoms with E-state index in [0.717, 1.165) is 19.2 Å². The van der Waals surface area contributed by atoms with Crippen LogP contribution in [0.25, 0.3) is 0 Å². The zero-order valence-electron chi connectivity index (χ0n) is 9.02. The van der Waals surface area contributed by atoms with Gasteiger partial charge in [0.05, 0.1) is 0 Å². The largest absolute Gasteiger partial charge is 0.460 e. The van der Waals surface area contributed by atoms with Crippen LogP contribution in [-0.4, -0.2) is 48.3 Å². The lowest BCUT2D eigenvalue weighted by molar-refractivity contribution is -0.141. The molecule has 1 aliphatic rings. The average molecular weight is 213 g/mol. The molecule has 1 aliphatic heterocycles. The van der Waals surface area contributed by atoms with Crippen LogP contribution in [0.4, 0.5) is 0 Å². The van der Waals surface area contributed by atoms with Crippen LogP contribution in [0.5, 0.6) is 0 Å². The Morgan fingerprint density at radius 3 is 2.73 bits per heavy atom. The molecule has 1 saturated heterocycles. The Morgan fingerprint density at radius 2 is 2.13 bits per heavy atom. The Hall–Kier alpha value is -0.870. The van der Waals surface area contributed by atoms with Crippen LogP contribution in [0.3, 0.4) is 0 Å². The highest BCUT2D eigenvalue weighted by atomic mass is 16.5. The van der Waals surface area contributed by atoms with Crippen molar-refractivity contribution in [3.8, 4) is 0 Å². The summed E-state index contributed by atoms with van der Waals surface area (Å²) in [7, 11) is 0. The van der Waals surface area contributed by atoms with E-state index < -0.39 is 12.1 Å². The topological polar surface area (TPSA) is 49.8 Å². The average Bonchev–Trinajstić information content (AvgIpc) is 2.27. The maximum absolute atomic E-state index is 10.7. The Kier molecular flexibility index (Phi) is 5.36. The van der Waals surface area contributed by atoms with E-state index in [4.69, 9.17) is 4.74 Å². The highest BCUT2D eigenvalue weighted by Gasteiger charge is 2.15. The molecule has 0 aromatic carbocycles. The molecular formula is C11H19NO3. The first-order valence-corrected chi connectivity index (χ1v) is 5.42. The van der Waals surface area contributed by atoms with Crippen molar-refractivity contribution in [1.82, 2.24) is 4.90 Å². The first-order valence-electron chi connectivity index (χ1n) is 5.42.